The smallest absolute Gasteiger partial charge is 0.323 e. The van der Waals surface area contributed by atoms with E-state index in [4.69, 9.17) is 0 Å². The van der Waals surface area contributed by atoms with E-state index in [2.05, 4.69) is 15.3 Å². The standard InChI is InChI=1S/C17H17N3O4S/c1-11-2-5-13(6-3-11)25(23,24)9-8-16(21)18-12-4-7-14-15(10-12)20-17(22)19-14/h2-7,10H,8-9H2,1H3,(H,18,21)(H2,19,20,22). The zero-order valence-electron chi connectivity index (χ0n) is 13.5. The number of aryl methyl sites for hydroxylation is 1. The minimum absolute atomic E-state index is 0.155. The molecule has 0 aliphatic carbocycles. The van der Waals surface area contributed by atoms with Crippen molar-refractivity contribution in [3.05, 3.63) is 58.5 Å². The van der Waals surface area contributed by atoms with Gasteiger partial charge in [-0.25, -0.2) is 13.2 Å². The van der Waals surface area contributed by atoms with Crippen LogP contribution in [0.2, 0.25) is 0 Å². The summed E-state index contributed by atoms with van der Waals surface area (Å²) in [5.74, 6) is -0.682. The van der Waals surface area contributed by atoms with Gasteiger partial charge >= 0.3 is 5.69 Å². The Hall–Kier alpha value is -2.87. The van der Waals surface area contributed by atoms with Crippen LogP contribution >= 0.6 is 0 Å². The molecule has 0 aliphatic heterocycles. The molecule has 3 rings (SSSR count). The molecule has 7 nitrogen and oxygen atoms in total. The van der Waals surface area contributed by atoms with Gasteiger partial charge in [0, 0.05) is 12.1 Å². The minimum atomic E-state index is -3.51. The normalized spacial score (nSPS) is 11.6. The second kappa shape index (κ2) is 6.56. The highest BCUT2D eigenvalue weighted by molar-refractivity contribution is 7.91. The summed E-state index contributed by atoms with van der Waals surface area (Å²) < 4.78 is 24.5. The van der Waals surface area contributed by atoms with Gasteiger partial charge in [-0.3, -0.25) is 4.79 Å². The van der Waals surface area contributed by atoms with Crippen molar-refractivity contribution in [2.24, 2.45) is 0 Å². The first-order valence-electron chi connectivity index (χ1n) is 7.65. The van der Waals surface area contributed by atoms with Gasteiger partial charge < -0.3 is 15.3 Å². The fourth-order valence-electron chi connectivity index (χ4n) is 2.42. The molecule has 0 bridgehead atoms. The molecule has 0 unspecified atom stereocenters. The maximum atomic E-state index is 12.3. The Balaban J connectivity index is 1.65. The Bertz CT molecular complexity index is 1080. The number of hydrogen-bond donors (Lipinski definition) is 3. The van der Waals surface area contributed by atoms with Gasteiger partial charge in [0.15, 0.2) is 9.84 Å². The van der Waals surface area contributed by atoms with Crippen LogP contribution in [0.25, 0.3) is 11.0 Å². The predicted molar refractivity (Wildman–Crippen MR) is 95.4 cm³/mol. The molecule has 1 amide bonds. The molecule has 0 atom stereocenters. The number of sulfone groups is 1. The third kappa shape index (κ3) is 3.97. The van der Waals surface area contributed by atoms with Crippen LogP contribution in [0.4, 0.5) is 5.69 Å². The number of aromatic nitrogens is 2. The van der Waals surface area contributed by atoms with E-state index in [-0.39, 0.29) is 22.8 Å². The second-order valence-corrected chi connectivity index (χ2v) is 7.88. The zero-order chi connectivity index (χ0) is 18.0. The summed E-state index contributed by atoms with van der Waals surface area (Å²) in [5.41, 5.74) is 2.32. The van der Waals surface area contributed by atoms with Crippen LogP contribution in [0.1, 0.15) is 12.0 Å². The molecule has 1 heterocycles. The highest BCUT2D eigenvalue weighted by Crippen LogP contribution is 2.16. The van der Waals surface area contributed by atoms with Crippen LogP contribution < -0.4 is 11.0 Å². The van der Waals surface area contributed by atoms with Crippen molar-refractivity contribution in [2.45, 2.75) is 18.2 Å². The zero-order valence-corrected chi connectivity index (χ0v) is 14.3. The SMILES string of the molecule is Cc1ccc(S(=O)(=O)CCC(=O)Nc2ccc3[nH]c(=O)[nH]c3c2)cc1. The molecular formula is C17H17N3O4S. The largest absolute Gasteiger partial charge is 0.326 e. The minimum Gasteiger partial charge on any atom is -0.326 e. The molecule has 8 heteroatoms. The Labute approximate surface area is 144 Å². The number of amides is 1. The molecule has 3 N–H and O–H groups in total. The van der Waals surface area contributed by atoms with Crippen molar-refractivity contribution in [3.63, 3.8) is 0 Å². The third-order valence-corrected chi connectivity index (χ3v) is 5.51. The van der Waals surface area contributed by atoms with E-state index in [1.807, 2.05) is 6.92 Å². The molecule has 3 aromatic rings. The maximum absolute atomic E-state index is 12.3. The van der Waals surface area contributed by atoms with Crippen molar-refractivity contribution >= 4 is 32.5 Å². The molecule has 1 aromatic heterocycles. The van der Waals surface area contributed by atoms with Gasteiger partial charge in [0.2, 0.25) is 5.91 Å². The lowest BCUT2D eigenvalue weighted by Gasteiger charge is -2.07. The molecule has 0 radical (unpaired) electrons. The Morgan fingerprint density at radius 1 is 1.04 bits per heavy atom. The Kier molecular flexibility index (Phi) is 4.45. The van der Waals surface area contributed by atoms with E-state index < -0.39 is 15.7 Å². The van der Waals surface area contributed by atoms with Gasteiger partial charge in [0.25, 0.3) is 0 Å². The molecule has 0 spiro atoms. The summed E-state index contributed by atoms with van der Waals surface area (Å²) in [6, 6.07) is 11.4. The van der Waals surface area contributed by atoms with Crippen LogP contribution in [0.5, 0.6) is 0 Å². The van der Waals surface area contributed by atoms with Crippen molar-refractivity contribution < 1.29 is 13.2 Å². The van der Waals surface area contributed by atoms with Crippen molar-refractivity contribution in [1.29, 1.82) is 0 Å². The number of anilines is 1. The van der Waals surface area contributed by atoms with Crippen molar-refractivity contribution in [2.75, 3.05) is 11.1 Å². The van der Waals surface area contributed by atoms with Crippen LogP contribution in [0.3, 0.4) is 0 Å². The Morgan fingerprint density at radius 2 is 1.72 bits per heavy atom. The number of carbonyl (C=O) groups excluding carboxylic acids is 1. The number of benzene rings is 2. The maximum Gasteiger partial charge on any atom is 0.323 e. The van der Waals surface area contributed by atoms with E-state index in [9.17, 15) is 18.0 Å². The quantitative estimate of drug-likeness (QED) is 0.646. The molecule has 2 aromatic carbocycles. The second-order valence-electron chi connectivity index (χ2n) is 5.77. The summed E-state index contributed by atoms with van der Waals surface area (Å²) in [7, 11) is -3.51. The fourth-order valence-corrected chi connectivity index (χ4v) is 3.66. The number of carbonyl (C=O) groups is 1. The van der Waals surface area contributed by atoms with E-state index in [0.29, 0.717) is 16.7 Å². The average Bonchev–Trinajstić information content (AvgIpc) is 2.93. The summed E-state index contributed by atoms with van der Waals surface area (Å²) in [5, 5.41) is 2.64. The van der Waals surface area contributed by atoms with E-state index in [0.717, 1.165) is 5.56 Å². The number of H-pyrrole nitrogens is 2. The number of imidazole rings is 1. The first kappa shape index (κ1) is 17.0. The molecular weight excluding hydrogens is 342 g/mol. The van der Waals surface area contributed by atoms with Gasteiger partial charge in [-0.2, -0.15) is 0 Å². The Morgan fingerprint density at radius 3 is 2.44 bits per heavy atom. The van der Waals surface area contributed by atoms with E-state index >= 15 is 0 Å². The summed E-state index contributed by atoms with van der Waals surface area (Å²) in [6.45, 7) is 1.87. The highest BCUT2D eigenvalue weighted by atomic mass is 32.2. The lowest BCUT2D eigenvalue weighted by Crippen LogP contribution is -2.17. The van der Waals surface area contributed by atoms with Gasteiger partial charge in [0.05, 0.1) is 21.7 Å². The third-order valence-electron chi connectivity index (χ3n) is 3.78. The van der Waals surface area contributed by atoms with Crippen LogP contribution in [0, 0.1) is 6.92 Å². The number of nitrogens with one attached hydrogen (secondary N) is 3. The van der Waals surface area contributed by atoms with Crippen LogP contribution in [-0.2, 0) is 14.6 Å². The van der Waals surface area contributed by atoms with Gasteiger partial charge in [0.1, 0.15) is 0 Å². The molecule has 25 heavy (non-hydrogen) atoms. The summed E-state index contributed by atoms with van der Waals surface area (Å²) >= 11 is 0. The van der Waals surface area contributed by atoms with Crippen LogP contribution in [-0.4, -0.2) is 30.0 Å². The number of aromatic amines is 2. The van der Waals surface area contributed by atoms with Crippen LogP contribution in [0.15, 0.2) is 52.2 Å². The van der Waals surface area contributed by atoms with Gasteiger partial charge in [-0.05, 0) is 37.3 Å². The molecule has 0 fully saturated rings. The highest BCUT2D eigenvalue weighted by Gasteiger charge is 2.16. The number of fused-ring (bicyclic) bond motifs is 1. The number of hydrogen-bond acceptors (Lipinski definition) is 4. The average molecular weight is 359 g/mol. The molecule has 0 saturated carbocycles. The van der Waals surface area contributed by atoms with Gasteiger partial charge in [-0.1, -0.05) is 17.7 Å². The molecule has 0 saturated heterocycles. The monoisotopic (exact) mass is 359 g/mol. The topological polar surface area (TPSA) is 112 Å². The summed E-state index contributed by atoms with van der Waals surface area (Å²) in [4.78, 5) is 28.7. The first-order valence-corrected chi connectivity index (χ1v) is 9.30. The van der Waals surface area contributed by atoms with E-state index in [1.165, 1.54) is 0 Å². The fraction of sp³-hybridized carbons (Fsp3) is 0.176. The lowest BCUT2D eigenvalue weighted by atomic mass is 10.2. The number of rotatable bonds is 5. The first-order chi connectivity index (χ1) is 11.8. The molecule has 0 aliphatic rings. The summed E-state index contributed by atoms with van der Waals surface area (Å²) in [6.07, 6.45) is -0.155. The molecule has 130 valence electrons. The lowest BCUT2D eigenvalue weighted by molar-refractivity contribution is -0.115. The van der Waals surface area contributed by atoms with E-state index in [1.54, 1.807) is 42.5 Å². The van der Waals surface area contributed by atoms with Crippen molar-refractivity contribution in [1.82, 2.24) is 9.97 Å². The predicted octanol–water partition coefficient (Wildman–Crippen LogP) is 1.97. The van der Waals surface area contributed by atoms with Crippen molar-refractivity contribution in [3.8, 4) is 0 Å². The van der Waals surface area contributed by atoms with Gasteiger partial charge in [-0.15, -0.1) is 0 Å².